The Bertz CT molecular complexity index is 383. The first-order valence-corrected chi connectivity index (χ1v) is 3.81. The fraction of sp³-hybridized carbons (Fsp3) is 0.222. The maximum Gasteiger partial charge on any atom is 0.201 e. The van der Waals surface area contributed by atoms with Crippen molar-refractivity contribution in [1.82, 2.24) is 0 Å². The topological polar surface area (TPSA) is 87.0 Å². The number of methoxy groups -OCH3 is 1. The monoisotopic (exact) mass is 198 g/mol. The van der Waals surface area contributed by atoms with Crippen molar-refractivity contribution >= 4 is 5.78 Å². The summed E-state index contributed by atoms with van der Waals surface area (Å²) in [7, 11) is 1.27. The first-order valence-electron chi connectivity index (χ1n) is 3.81. The van der Waals surface area contributed by atoms with Crippen LogP contribution in [0, 0.1) is 0 Å². The molecule has 5 nitrogen and oxygen atoms in total. The molecule has 5 heteroatoms. The molecule has 0 bridgehead atoms. The molecule has 0 heterocycles. The third-order valence-electron chi connectivity index (χ3n) is 1.79. The van der Waals surface area contributed by atoms with Gasteiger partial charge < -0.3 is 20.1 Å². The Labute approximate surface area is 80.2 Å². The molecule has 0 fully saturated rings. The minimum atomic E-state index is -0.672. The Morgan fingerprint density at radius 2 is 1.86 bits per heavy atom. The van der Waals surface area contributed by atoms with E-state index in [0.29, 0.717) is 0 Å². The molecule has 3 N–H and O–H groups in total. The smallest absolute Gasteiger partial charge is 0.201 e. The maximum atomic E-state index is 11.0. The van der Waals surface area contributed by atoms with Crippen molar-refractivity contribution in [3.63, 3.8) is 0 Å². The zero-order chi connectivity index (χ0) is 10.9. The molecule has 0 amide bonds. The van der Waals surface area contributed by atoms with Crippen LogP contribution in [0.25, 0.3) is 0 Å². The van der Waals surface area contributed by atoms with Crippen LogP contribution < -0.4 is 4.74 Å². The number of phenols is 3. The van der Waals surface area contributed by atoms with Crippen molar-refractivity contribution in [3.05, 3.63) is 11.6 Å². The molecule has 0 spiro atoms. The van der Waals surface area contributed by atoms with Gasteiger partial charge in [-0.25, -0.2) is 0 Å². The molecule has 14 heavy (non-hydrogen) atoms. The van der Waals surface area contributed by atoms with Crippen LogP contribution in [0.3, 0.4) is 0 Å². The van der Waals surface area contributed by atoms with Gasteiger partial charge in [-0.3, -0.25) is 4.79 Å². The van der Waals surface area contributed by atoms with E-state index in [9.17, 15) is 20.1 Å². The van der Waals surface area contributed by atoms with Crippen LogP contribution in [-0.2, 0) is 0 Å². The molecule has 76 valence electrons. The summed E-state index contributed by atoms with van der Waals surface area (Å²) in [6.07, 6.45) is 0. The standard InChI is InChI=1S/C9H10O5/c1-4(10)7-5(11)3-6(14-2)8(12)9(7)13/h3,11-13H,1-2H3. The Morgan fingerprint density at radius 3 is 2.29 bits per heavy atom. The predicted octanol–water partition coefficient (Wildman–Crippen LogP) is 1.01. The predicted molar refractivity (Wildman–Crippen MR) is 48.0 cm³/mol. The summed E-state index contributed by atoms with van der Waals surface area (Å²) in [5.74, 6) is -2.29. The molecule has 0 radical (unpaired) electrons. The maximum absolute atomic E-state index is 11.0. The average Bonchev–Trinajstić information content (AvgIpc) is 2.10. The van der Waals surface area contributed by atoms with Crippen LogP contribution in [0.4, 0.5) is 0 Å². The highest BCUT2D eigenvalue weighted by atomic mass is 16.5. The van der Waals surface area contributed by atoms with Crippen molar-refractivity contribution in [3.8, 4) is 23.0 Å². The van der Waals surface area contributed by atoms with Gasteiger partial charge in [-0.05, 0) is 6.92 Å². The Kier molecular flexibility index (Phi) is 2.51. The number of hydrogen-bond donors (Lipinski definition) is 3. The van der Waals surface area contributed by atoms with Gasteiger partial charge >= 0.3 is 0 Å². The van der Waals surface area contributed by atoms with E-state index in [1.54, 1.807) is 0 Å². The molecule has 0 saturated heterocycles. The Balaban J connectivity index is 3.49. The summed E-state index contributed by atoms with van der Waals surface area (Å²) in [4.78, 5) is 11.0. The minimum absolute atomic E-state index is 0.0926. The van der Waals surface area contributed by atoms with E-state index in [1.165, 1.54) is 14.0 Å². The molecule has 1 rings (SSSR count). The van der Waals surface area contributed by atoms with Crippen molar-refractivity contribution in [2.75, 3.05) is 7.11 Å². The Morgan fingerprint density at radius 1 is 1.29 bits per heavy atom. The summed E-state index contributed by atoms with van der Waals surface area (Å²) in [5.41, 5.74) is -0.316. The SMILES string of the molecule is COc1cc(O)c(C(C)=O)c(O)c1O. The van der Waals surface area contributed by atoms with Crippen molar-refractivity contribution in [2.24, 2.45) is 0 Å². The normalized spacial score (nSPS) is 9.86. The van der Waals surface area contributed by atoms with Crippen LogP contribution in [-0.4, -0.2) is 28.2 Å². The third kappa shape index (κ3) is 1.44. The first kappa shape index (κ1) is 10.2. The second-order valence-corrected chi connectivity index (χ2v) is 2.73. The van der Waals surface area contributed by atoms with Crippen LogP contribution in [0.5, 0.6) is 23.0 Å². The lowest BCUT2D eigenvalue weighted by molar-refractivity contribution is 0.101. The number of Topliss-reactive ketones (excluding diaryl/α,β-unsaturated/α-hetero) is 1. The summed E-state index contributed by atoms with van der Waals surface area (Å²) in [6, 6.07) is 1.06. The zero-order valence-corrected chi connectivity index (χ0v) is 7.74. The zero-order valence-electron chi connectivity index (χ0n) is 7.74. The van der Waals surface area contributed by atoms with E-state index in [4.69, 9.17) is 0 Å². The van der Waals surface area contributed by atoms with Crippen LogP contribution in [0.1, 0.15) is 17.3 Å². The molecule has 0 aliphatic heterocycles. The molecule has 1 aromatic rings. The number of rotatable bonds is 2. The van der Waals surface area contributed by atoms with Gasteiger partial charge in [-0.1, -0.05) is 0 Å². The van der Waals surface area contributed by atoms with Crippen LogP contribution >= 0.6 is 0 Å². The number of aromatic hydroxyl groups is 3. The third-order valence-corrected chi connectivity index (χ3v) is 1.79. The van der Waals surface area contributed by atoms with Gasteiger partial charge in [0.1, 0.15) is 11.3 Å². The molecular formula is C9H10O5. The summed E-state index contributed by atoms with van der Waals surface area (Å²) in [5, 5.41) is 28.0. The minimum Gasteiger partial charge on any atom is -0.507 e. The van der Waals surface area contributed by atoms with E-state index < -0.39 is 23.0 Å². The second kappa shape index (κ2) is 3.45. The quantitative estimate of drug-likeness (QED) is 0.375. The molecular weight excluding hydrogens is 188 g/mol. The van der Waals surface area contributed by atoms with E-state index >= 15 is 0 Å². The van der Waals surface area contributed by atoms with Gasteiger partial charge in [0.05, 0.1) is 7.11 Å². The number of ether oxygens (including phenoxy) is 1. The lowest BCUT2D eigenvalue weighted by Gasteiger charge is -2.09. The van der Waals surface area contributed by atoms with Gasteiger partial charge in [0.15, 0.2) is 17.3 Å². The summed E-state index contributed by atoms with van der Waals surface area (Å²) in [6.45, 7) is 1.17. The van der Waals surface area contributed by atoms with Gasteiger partial charge in [0.2, 0.25) is 5.75 Å². The fourth-order valence-corrected chi connectivity index (χ4v) is 1.12. The van der Waals surface area contributed by atoms with E-state index in [1.807, 2.05) is 0 Å². The molecule has 0 saturated carbocycles. The van der Waals surface area contributed by atoms with Crippen molar-refractivity contribution in [1.29, 1.82) is 0 Å². The van der Waals surface area contributed by atoms with Crippen LogP contribution in [0.2, 0.25) is 0 Å². The molecule has 0 unspecified atom stereocenters. The van der Waals surface area contributed by atoms with Gasteiger partial charge in [0, 0.05) is 6.07 Å². The van der Waals surface area contributed by atoms with E-state index in [-0.39, 0.29) is 11.3 Å². The molecule has 1 aromatic carbocycles. The second-order valence-electron chi connectivity index (χ2n) is 2.73. The van der Waals surface area contributed by atoms with Gasteiger partial charge in [-0.15, -0.1) is 0 Å². The molecule has 0 aromatic heterocycles. The Hall–Kier alpha value is -1.91. The number of carbonyl (C=O) groups is 1. The number of carbonyl (C=O) groups excluding carboxylic acids is 1. The summed E-state index contributed by atoms with van der Waals surface area (Å²) >= 11 is 0. The highest BCUT2D eigenvalue weighted by Crippen LogP contribution is 2.43. The average molecular weight is 198 g/mol. The van der Waals surface area contributed by atoms with Gasteiger partial charge in [-0.2, -0.15) is 0 Å². The van der Waals surface area contributed by atoms with Crippen molar-refractivity contribution < 1.29 is 24.9 Å². The van der Waals surface area contributed by atoms with E-state index in [2.05, 4.69) is 4.74 Å². The lowest BCUT2D eigenvalue weighted by Crippen LogP contribution is -1.95. The van der Waals surface area contributed by atoms with E-state index in [0.717, 1.165) is 6.07 Å². The lowest BCUT2D eigenvalue weighted by atomic mass is 10.1. The highest BCUT2D eigenvalue weighted by Gasteiger charge is 2.20. The van der Waals surface area contributed by atoms with Crippen molar-refractivity contribution in [2.45, 2.75) is 6.92 Å². The number of phenolic OH excluding ortho intramolecular Hbond substituents is 3. The van der Waals surface area contributed by atoms with Gasteiger partial charge in [0.25, 0.3) is 0 Å². The molecule has 0 aliphatic carbocycles. The van der Waals surface area contributed by atoms with Crippen LogP contribution in [0.15, 0.2) is 6.07 Å². The first-order chi connectivity index (χ1) is 6.49. The number of hydrogen-bond acceptors (Lipinski definition) is 5. The fourth-order valence-electron chi connectivity index (χ4n) is 1.12. The number of ketones is 1. The summed E-state index contributed by atoms with van der Waals surface area (Å²) < 4.78 is 4.66. The molecule has 0 aliphatic rings. The molecule has 0 atom stereocenters. The highest BCUT2D eigenvalue weighted by molar-refractivity contribution is 6.00. The largest absolute Gasteiger partial charge is 0.507 e. The number of benzene rings is 1.